The maximum absolute atomic E-state index is 11.0. The monoisotopic (exact) mass is 216 g/mol. The molecular formula is C13H12O3. The third-order valence-corrected chi connectivity index (χ3v) is 2.62. The molecule has 0 radical (unpaired) electrons. The van der Waals surface area contributed by atoms with E-state index in [0.717, 1.165) is 22.1 Å². The smallest absolute Gasteiger partial charge is 0.335 e. The van der Waals surface area contributed by atoms with Gasteiger partial charge in [-0.3, -0.25) is 0 Å². The van der Waals surface area contributed by atoms with Crippen molar-refractivity contribution < 1.29 is 14.6 Å². The van der Waals surface area contributed by atoms with Crippen LogP contribution in [-0.4, -0.2) is 18.2 Å². The van der Waals surface area contributed by atoms with Crippen LogP contribution in [0.15, 0.2) is 30.3 Å². The summed E-state index contributed by atoms with van der Waals surface area (Å²) in [5.74, 6) is -0.171. The van der Waals surface area contributed by atoms with Crippen LogP contribution in [0.1, 0.15) is 15.9 Å². The number of hydrogen-bond donors (Lipinski definition) is 1. The molecule has 0 aliphatic carbocycles. The van der Waals surface area contributed by atoms with Crippen molar-refractivity contribution in [2.45, 2.75) is 6.92 Å². The normalized spacial score (nSPS) is 10.4. The van der Waals surface area contributed by atoms with E-state index in [1.54, 1.807) is 20.1 Å². The molecule has 0 heterocycles. The molecule has 82 valence electrons. The van der Waals surface area contributed by atoms with Crippen molar-refractivity contribution in [3.63, 3.8) is 0 Å². The lowest BCUT2D eigenvalue weighted by molar-refractivity contribution is 0.0696. The van der Waals surface area contributed by atoms with Gasteiger partial charge in [0, 0.05) is 0 Å². The SMILES string of the molecule is COc1ccc2cc(C)c(C(=O)O)cc2c1. The Hall–Kier alpha value is -2.03. The number of carboxylic acid groups (broad SMARTS) is 1. The Morgan fingerprint density at radius 3 is 2.56 bits per heavy atom. The quantitative estimate of drug-likeness (QED) is 0.839. The van der Waals surface area contributed by atoms with E-state index in [1.165, 1.54) is 0 Å². The summed E-state index contributed by atoms with van der Waals surface area (Å²) in [4.78, 5) is 11.0. The minimum absolute atomic E-state index is 0.334. The highest BCUT2D eigenvalue weighted by Gasteiger charge is 2.08. The van der Waals surface area contributed by atoms with Crippen molar-refractivity contribution in [3.05, 3.63) is 41.5 Å². The number of aromatic carboxylic acids is 1. The highest BCUT2D eigenvalue weighted by molar-refractivity contribution is 5.96. The topological polar surface area (TPSA) is 46.5 Å². The lowest BCUT2D eigenvalue weighted by Gasteiger charge is -2.06. The first-order chi connectivity index (χ1) is 7.61. The minimum Gasteiger partial charge on any atom is -0.497 e. The van der Waals surface area contributed by atoms with Gasteiger partial charge in [0.25, 0.3) is 0 Å². The van der Waals surface area contributed by atoms with Crippen molar-refractivity contribution in [3.8, 4) is 5.75 Å². The first kappa shape index (κ1) is 10.5. The number of fused-ring (bicyclic) bond motifs is 1. The number of rotatable bonds is 2. The summed E-state index contributed by atoms with van der Waals surface area (Å²) >= 11 is 0. The van der Waals surface area contributed by atoms with Gasteiger partial charge in [-0.2, -0.15) is 0 Å². The molecule has 0 fully saturated rings. The molecule has 2 rings (SSSR count). The maximum Gasteiger partial charge on any atom is 0.335 e. The minimum atomic E-state index is -0.901. The predicted molar refractivity (Wildman–Crippen MR) is 62.2 cm³/mol. The van der Waals surface area contributed by atoms with Crippen molar-refractivity contribution in [1.29, 1.82) is 0 Å². The number of hydrogen-bond acceptors (Lipinski definition) is 2. The van der Waals surface area contributed by atoms with Crippen molar-refractivity contribution in [1.82, 2.24) is 0 Å². The Balaban J connectivity index is 2.70. The Kier molecular flexibility index (Phi) is 2.52. The van der Waals surface area contributed by atoms with E-state index in [-0.39, 0.29) is 0 Å². The summed E-state index contributed by atoms with van der Waals surface area (Å²) < 4.78 is 5.11. The second-order valence-corrected chi connectivity index (χ2v) is 3.69. The molecule has 16 heavy (non-hydrogen) atoms. The second-order valence-electron chi connectivity index (χ2n) is 3.69. The van der Waals surface area contributed by atoms with E-state index < -0.39 is 5.97 Å². The number of ether oxygens (including phenoxy) is 1. The average molecular weight is 216 g/mol. The van der Waals surface area contributed by atoms with Gasteiger partial charge in [0.1, 0.15) is 5.75 Å². The van der Waals surface area contributed by atoms with Crippen LogP contribution in [0.5, 0.6) is 5.75 Å². The summed E-state index contributed by atoms with van der Waals surface area (Å²) in [6.45, 7) is 1.80. The van der Waals surface area contributed by atoms with Gasteiger partial charge in [0.15, 0.2) is 0 Å². The number of methoxy groups -OCH3 is 1. The molecule has 0 atom stereocenters. The number of benzene rings is 2. The zero-order valence-electron chi connectivity index (χ0n) is 9.15. The maximum atomic E-state index is 11.0. The summed E-state index contributed by atoms with van der Waals surface area (Å²) in [5, 5.41) is 10.9. The van der Waals surface area contributed by atoms with Crippen LogP contribution >= 0.6 is 0 Å². The van der Waals surface area contributed by atoms with E-state index in [2.05, 4.69) is 0 Å². The molecule has 0 spiro atoms. The molecule has 1 N–H and O–H groups in total. The van der Waals surface area contributed by atoms with Crippen LogP contribution in [0.2, 0.25) is 0 Å². The van der Waals surface area contributed by atoms with Gasteiger partial charge in [0.2, 0.25) is 0 Å². The summed E-state index contributed by atoms with van der Waals surface area (Å²) in [6, 6.07) is 9.17. The third kappa shape index (κ3) is 1.72. The third-order valence-electron chi connectivity index (χ3n) is 2.62. The van der Waals surface area contributed by atoms with Crippen LogP contribution in [-0.2, 0) is 0 Å². The molecule has 0 aromatic heterocycles. The zero-order chi connectivity index (χ0) is 11.7. The van der Waals surface area contributed by atoms with Crippen LogP contribution in [0, 0.1) is 6.92 Å². The first-order valence-corrected chi connectivity index (χ1v) is 4.93. The Morgan fingerprint density at radius 1 is 1.19 bits per heavy atom. The second kappa shape index (κ2) is 3.85. The molecule has 0 unspecified atom stereocenters. The molecule has 2 aromatic carbocycles. The van der Waals surface area contributed by atoms with Gasteiger partial charge in [0.05, 0.1) is 12.7 Å². The van der Waals surface area contributed by atoms with E-state index in [0.29, 0.717) is 5.56 Å². The highest BCUT2D eigenvalue weighted by Crippen LogP contribution is 2.24. The lowest BCUT2D eigenvalue weighted by Crippen LogP contribution is -1.99. The fraction of sp³-hybridized carbons (Fsp3) is 0.154. The van der Waals surface area contributed by atoms with Gasteiger partial charge in [-0.25, -0.2) is 4.79 Å². The Morgan fingerprint density at radius 2 is 1.94 bits per heavy atom. The number of carboxylic acids is 1. The largest absolute Gasteiger partial charge is 0.497 e. The average Bonchev–Trinajstić information content (AvgIpc) is 2.27. The van der Waals surface area contributed by atoms with Crippen LogP contribution < -0.4 is 4.74 Å². The summed E-state index contributed by atoms with van der Waals surface area (Å²) in [5.41, 5.74) is 1.10. The molecule has 3 heteroatoms. The van der Waals surface area contributed by atoms with Gasteiger partial charge in [-0.1, -0.05) is 12.1 Å². The van der Waals surface area contributed by atoms with Crippen LogP contribution in [0.4, 0.5) is 0 Å². The van der Waals surface area contributed by atoms with Crippen LogP contribution in [0.25, 0.3) is 10.8 Å². The number of aryl methyl sites for hydroxylation is 1. The summed E-state index contributed by atoms with van der Waals surface area (Å²) in [7, 11) is 1.59. The van der Waals surface area contributed by atoms with E-state index in [9.17, 15) is 4.79 Å². The fourth-order valence-corrected chi connectivity index (χ4v) is 1.75. The van der Waals surface area contributed by atoms with Gasteiger partial charge in [-0.15, -0.1) is 0 Å². The Labute approximate surface area is 93.3 Å². The molecule has 0 bridgehead atoms. The van der Waals surface area contributed by atoms with E-state index in [1.807, 2.05) is 24.3 Å². The number of carbonyl (C=O) groups is 1. The fourth-order valence-electron chi connectivity index (χ4n) is 1.75. The Bertz CT molecular complexity index is 558. The molecule has 2 aromatic rings. The highest BCUT2D eigenvalue weighted by atomic mass is 16.5. The molecule has 0 saturated heterocycles. The molecule has 0 saturated carbocycles. The van der Waals surface area contributed by atoms with Crippen molar-refractivity contribution >= 4 is 16.7 Å². The molecular weight excluding hydrogens is 204 g/mol. The van der Waals surface area contributed by atoms with Gasteiger partial charge >= 0.3 is 5.97 Å². The zero-order valence-corrected chi connectivity index (χ0v) is 9.15. The summed E-state index contributed by atoms with van der Waals surface area (Å²) in [6.07, 6.45) is 0. The lowest BCUT2D eigenvalue weighted by atomic mass is 10.0. The molecule has 3 nitrogen and oxygen atoms in total. The van der Waals surface area contributed by atoms with Gasteiger partial charge < -0.3 is 9.84 Å². The van der Waals surface area contributed by atoms with Crippen molar-refractivity contribution in [2.75, 3.05) is 7.11 Å². The first-order valence-electron chi connectivity index (χ1n) is 4.93. The molecule has 0 aliphatic rings. The molecule has 0 amide bonds. The van der Waals surface area contributed by atoms with E-state index >= 15 is 0 Å². The van der Waals surface area contributed by atoms with Gasteiger partial charge in [-0.05, 0) is 41.5 Å². The standard InChI is InChI=1S/C13H12O3/c1-8-5-9-3-4-11(16-2)6-10(9)7-12(8)13(14)15/h3-7H,1-2H3,(H,14,15). The predicted octanol–water partition coefficient (Wildman–Crippen LogP) is 2.86. The van der Waals surface area contributed by atoms with E-state index in [4.69, 9.17) is 9.84 Å². The van der Waals surface area contributed by atoms with Crippen LogP contribution in [0.3, 0.4) is 0 Å². The van der Waals surface area contributed by atoms with Crippen molar-refractivity contribution in [2.24, 2.45) is 0 Å². The molecule has 0 aliphatic heterocycles.